The second kappa shape index (κ2) is 12.8. The number of unbranched alkanes of at least 4 members (excludes halogenated alkanes) is 3. The number of hydrogen-bond acceptors (Lipinski definition) is 6. The molecule has 5 aliphatic rings. The molecule has 0 unspecified atom stereocenters. The maximum Gasteiger partial charge on any atom is 0.109 e. The van der Waals surface area contributed by atoms with Crippen LogP contribution < -0.4 is 0 Å². The second-order valence-electron chi connectivity index (χ2n) is 11.5. The molecule has 0 radical (unpaired) electrons. The normalized spacial score (nSPS) is 40.2. The van der Waals surface area contributed by atoms with Gasteiger partial charge in [0.2, 0.25) is 0 Å². The Balaban J connectivity index is 0.00000306. The molecule has 194 valence electrons. The lowest BCUT2D eigenvalue weighted by atomic mass is 9.50. The fourth-order valence-electron chi connectivity index (χ4n) is 7.60. The number of likely N-dealkylation sites (tertiary alicyclic amines) is 1. The average molecular weight is 490 g/mol. The third kappa shape index (κ3) is 6.84. The number of rotatable bonds is 13. The zero-order valence-electron chi connectivity index (χ0n) is 20.6. The van der Waals surface area contributed by atoms with Crippen LogP contribution in [0.1, 0.15) is 77.6 Å². The summed E-state index contributed by atoms with van der Waals surface area (Å²) in [5.41, 5.74) is 0.506. The summed E-state index contributed by atoms with van der Waals surface area (Å²) in [7, 11) is 0. The van der Waals surface area contributed by atoms with Crippen LogP contribution in [0.25, 0.3) is 0 Å². The smallest absolute Gasteiger partial charge is 0.109 e. The highest BCUT2D eigenvalue weighted by molar-refractivity contribution is 5.85. The maximum absolute atomic E-state index is 10.4. The number of halogens is 1. The van der Waals surface area contributed by atoms with Crippen LogP contribution in [-0.4, -0.2) is 84.1 Å². The first kappa shape index (κ1) is 27.6. The van der Waals surface area contributed by atoms with Gasteiger partial charge in [-0.2, -0.15) is 0 Å². The van der Waals surface area contributed by atoms with Gasteiger partial charge in [-0.15, -0.1) is 12.4 Å². The molecule has 0 aromatic rings. The van der Waals surface area contributed by atoms with E-state index in [1.165, 1.54) is 38.5 Å². The van der Waals surface area contributed by atoms with E-state index in [1.54, 1.807) is 0 Å². The summed E-state index contributed by atoms with van der Waals surface area (Å²) in [5, 5.41) is 30.5. The van der Waals surface area contributed by atoms with Gasteiger partial charge < -0.3 is 24.8 Å². The van der Waals surface area contributed by atoms with Gasteiger partial charge >= 0.3 is 0 Å². The first-order valence-electron chi connectivity index (χ1n) is 13.4. The highest BCUT2D eigenvalue weighted by Crippen LogP contribution is 2.60. The van der Waals surface area contributed by atoms with E-state index in [-0.39, 0.29) is 19.0 Å². The fourth-order valence-corrected chi connectivity index (χ4v) is 7.60. The summed E-state index contributed by atoms with van der Waals surface area (Å²) >= 11 is 0. The van der Waals surface area contributed by atoms with Crippen molar-refractivity contribution in [1.29, 1.82) is 0 Å². The summed E-state index contributed by atoms with van der Waals surface area (Å²) in [4.78, 5) is 2.07. The maximum atomic E-state index is 10.4. The molecule has 4 saturated carbocycles. The van der Waals surface area contributed by atoms with Crippen LogP contribution >= 0.6 is 12.4 Å². The Morgan fingerprint density at radius 1 is 0.879 bits per heavy atom. The molecule has 1 heterocycles. The van der Waals surface area contributed by atoms with E-state index in [9.17, 15) is 15.3 Å². The summed E-state index contributed by atoms with van der Waals surface area (Å²) in [5.74, 6) is 2.96. The lowest BCUT2D eigenvalue weighted by molar-refractivity contribution is -0.163. The van der Waals surface area contributed by atoms with Crippen molar-refractivity contribution in [2.45, 2.75) is 102 Å². The first-order chi connectivity index (χ1) is 15.5. The largest absolute Gasteiger partial charge is 0.395 e. The molecule has 0 aromatic carbocycles. The molecular weight excluding hydrogens is 442 g/mol. The van der Waals surface area contributed by atoms with Gasteiger partial charge in [0.15, 0.2) is 0 Å². The Labute approximate surface area is 206 Å². The van der Waals surface area contributed by atoms with Gasteiger partial charge in [0.25, 0.3) is 0 Å². The quantitative estimate of drug-likeness (QED) is 0.344. The van der Waals surface area contributed by atoms with Crippen molar-refractivity contribution in [3.8, 4) is 0 Å². The van der Waals surface area contributed by atoms with E-state index in [4.69, 9.17) is 9.47 Å². The Morgan fingerprint density at radius 2 is 1.52 bits per heavy atom. The van der Waals surface area contributed by atoms with Crippen molar-refractivity contribution in [2.24, 2.45) is 23.2 Å². The van der Waals surface area contributed by atoms with E-state index in [0.29, 0.717) is 18.6 Å². The molecule has 5 fully saturated rings. The Bertz CT molecular complexity index is 544. The molecule has 3 N–H and O–H groups in total. The third-order valence-electron chi connectivity index (χ3n) is 8.83. The zero-order chi connectivity index (χ0) is 22.6. The fraction of sp³-hybridized carbons (Fsp3) is 1.00. The Kier molecular flexibility index (Phi) is 10.8. The molecule has 1 saturated heterocycles. The third-order valence-corrected chi connectivity index (χ3v) is 8.83. The van der Waals surface area contributed by atoms with Crippen molar-refractivity contribution in [2.75, 3.05) is 39.5 Å². The number of nitrogens with zero attached hydrogens (tertiary/aromatic N) is 1. The van der Waals surface area contributed by atoms with Crippen molar-refractivity contribution < 1.29 is 24.8 Å². The standard InChI is InChI=1S/C26H47NO5.ClH/c1-2-3-7-27-16-23(25(30)24(29)22(27)17-28)32-9-6-4-5-8-31-18-26-13-19-10-20(14-26)12-21(11-19)15-26;/h19-25,28-30H,2-18H2,1H3;1H/t19?,20?,21?,22-,23+,24-,25-,26?;/m1./s1. The van der Waals surface area contributed by atoms with Crippen LogP contribution in [0.2, 0.25) is 0 Å². The predicted molar refractivity (Wildman–Crippen MR) is 132 cm³/mol. The summed E-state index contributed by atoms with van der Waals surface area (Å²) in [6.45, 7) is 5.77. The van der Waals surface area contributed by atoms with E-state index in [0.717, 1.165) is 69.6 Å². The molecule has 33 heavy (non-hydrogen) atoms. The molecule has 5 rings (SSSR count). The van der Waals surface area contributed by atoms with E-state index < -0.39 is 24.4 Å². The molecule has 0 aromatic heterocycles. The molecule has 0 amide bonds. The Hall–Kier alpha value is 0.0500. The van der Waals surface area contributed by atoms with Crippen LogP contribution in [0.15, 0.2) is 0 Å². The zero-order valence-corrected chi connectivity index (χ0v) is 21.4. The molecular formula is C26H48ClNO5. The lowest BCUT2D eigenvalue weighted by Gasteiger charge is -2.56. The molecule has 4 atom stereocenters. The van der Waals surface area contributed by atoms with Crippen molar-refractivity contribution in [1.82, 2.24) is 4.90 Å². The SMILES string of the molecule is CCCCN1C[C@H](OCCCCCOCC23CC4CC(CC(C4)C2)C3)[C@@H](O)[C@H](O)[C@H]1CO.Cl. The van der Waals surface area contributed by atoms with Crippen molar-refractivity contribution >= 4 is 12.4 Å². The topological polar surface area (TPSA) is 82.4 Å². The van der Waals surface area contributed by atoms with E-state index in [1.807, 2.05) is 0 Å². The molecule has 4 aliphatic carbocycles. The van der Waals surface area contributed by atoms with Gasteiger partial charge in [0.05, 0.1) is 25.4 Å². The lowest BCUT2D eigenvalue weighted by Crippen LogP contribution is -2.63. The number of aliphatic hydroxyl groups is 3. The minimum absolute atomic E-state index is 0. The van der Waals surface area contributed by atoms with Crippen LogP contribution in [-0.2, 0) is 9.47 Å². The van der Waals surface area contributed by atoms with E-state index in [2.05, 4.69) is 11.8 Å². The van der Waals surface area contributed by atoms with Gasteiger partial charge in [-0.05, 0) is 93.9 Å². The van der Waals surface area contributed by atoms with Crippen LogP contribution in [0.4, 0.5) is 0 Å². The summed E-state index contributed by atoms with van der Waals surface area (Å²) in [6.07, 6.45) is 11.5. The van der Waals surface area contributed by atoms with Crippen LogP contribution in [0.3, 0.4) is 0 Å². The second-order valence-corrected chi connectivity index (χ2v) is 11.5. The summed E-state index contributed by atoms with van der Waals surface area (Å²) in [6, 6.07) is -0.400. The molecule has 4 bridgehead atoms. The molecule has 7 heteroatoms. The van der Waals surface area contributed by atoms with Crippen LogP contribution in [0.5, 0.6) is 0 Å². The highest BCUT2D eigenvalue weighted by Gasteiger charge is 2.50. The number of piperidine rings is 1. The Morgan fingerprint density at radius 3 is 2.12 bits per heavy atom. The molecule has 1 aliphatic heterocycles. The van der Waals surface area contributed by atoms with Crippen molar-refractivity contribution in [3.05, 3.63) is 0 Å². The number of aliphatic hydroxyl groups excluding tert-OH is 3. The first-order valence-corrected chi connectivity index (χ1v) is 13.4. The molecule has 0 spiro atoms. The van der Waals surface area contributed by atoms with Gasteiger partial charge in [0, 0.05) is 19.8 Å². The van der Waals surface area contributed by atoms with Gasteiger partial charge in [0.1, 0.15) is 12.2 Å². The minimum atomic E-state index is -0.964. The minimum Gasteiger partial charge on any atom is -0.395 e. The highest BCUT2D eigenvalue weighted by atomic mass is 35.5. The van der Waals surface area contributed by atoms with Gasteiger partial charge in [-0.25, -0.2) is 0 Å². The van der Waals surface area contributed by atoms with Crippen LogP contribution in [0, 0.1) is 23.2 Å². The number of ether oxygens (including phenoxy) is 2. The van der Waals surface area contributed by atoms with Gasteiger partial charge in [-0.1, -0.05) is 13.3 Å². The monoisotopic (exact) mass is 489 g/mol. The van der Waals surface area contributed by atoms with E-state index >= 15 is 0 Å². The average Bonchev–Trinajstić information content (AvgIpc) is 2.76. The predicted octanol–water partition coefficient (Wildman–Crippen LogP) is 3.40. The number of hydrogen-bond donors (Lipinski definition) is 3. The van der Waals surface area contributed by atoms with Gasteiger partial charge in [-0.3, -0.25) is 4.90 Å². The summed E-state index contributed by atoms with van der Waals surface area (Å²) < 4.78 is 12.1. The van der Waals surface area contributed by atoms with Crippen molar-refractivity contribution in [3.63, 3.8) is 0 Å². The molecule has 6 nitrogen and oxygen atoms in total.